The molecule has 1 aliphatic rings. The van der Waals surface area contributed by atoms with Crippen molar-refractivity contribution in [3.63, 3.8) is 0 Å². The van der Waals surface area contributed by atoms with Crippen LogP contribution in [0.25, 0.3) is 0 Å². The van der Waals surface area contributed by atoms with Crippen LogP contribution in [0.2, 0.25) is 0 Å². The maximum atomic E-state index is 12.4. The summed E-state index contributed by atoms with van der Waals surface area (Å²) >= 11 is 0. The predicted octanol–water partition coefficient (Wildman–Crippen LogP) is 1.68. The Balaban J connectivity index is 1.41. The summed E-state index contributed by atoms with van der Waals surface area (Å²) < 4.78 is 13.1. The molecule has 1 aromatic carbocycles. The highest BCUT2D eigenvalue weighted by molar-refractivity contribution is 5.78. The number of carbonyl (C=O) groups is 1. The smallest absolute Gasteiger partial charge is 0.260 e. The van der Waals surface area contributed by atoms with Gasteiger partial charge in [0, 0.05) is 58.1 Å². The number of nitrogens with zero attached hydrogens (tertiary/aromatic N) is 4. The number of amides is 1. The van der Waals surface area contributed by atoms with Crippen molar-refractivity contribution in [2.24, 2.45) is 0 Å². The van der Waals surface area contributed by atoms with Gasteiger partial charge in [0.05, 0.1) is 7.11 Å². The van der Waals surface area contributed by atoms with E-state index in [0.717, 1.165) is 51.5 Å². The number of aromatic nitrogens is 2. The molecule has 7 nitrogen and oxygen atoms in total. The van der Waals surface area contributed by atoms with Crippen LogP contribution in [0.5, 0.6) is 11.5 Å². The molecule has 146 valence electrons. The van der Waals surface area contributed by atoms with Crippen LogP contribution >= 0.6 is 0 Å². The number of imidazole rings is 1. The molecule has 2 aromatic rings. The Morgan fingerprint density at radius 3 is 2.56 bits per heavy atom. The van der Waals surface area contributed by atoms with Crippen LogP contribution in [0.1, 0.15) is 12.7 Å². The van der Waals surface area contributed by atoms with Gasteiger partial charge in [-0.2, -0.15) is 0 Å². The Labute approximate surface area is 160 Å². The van der Waals surface area contributed by atoms with E-state index in [1.807, 2.05) is 41.6 Å². The average molecular weight is 372 g/mol. The summed E-state index contributed by atoms with van der Waals surface area (Å²) in [4.78, 5) is 21.1. The molecule has 1 aliphatic heterocycles. The molecule has 0 saturated carbocycles. The van der Waals surface area contributed by atoms with Crippen molar-refractivity contribution in [3.8, 4) is 11.5 Å². The van der Waals surface area contributed by atoms with Crippen molar-refractivity contribution in [3.05, 3.63) is 42.5 Å². The summed E-state index contributed by atoms with van der Waals surface area (Å²) in [6, 6.07) is 7.37. The Morgan fingerprint density at radius 1 is 1.11 bits per heavy atom. The molecule has 1 fully saturated rings. The number of hydrogen-bond donors (Lipinski definition) is 0. The van der Waals surface area contributed by atoms with Crippen LogP contribution in [-0.4, -0.2) is 71.7 Å². The van der Waals surface area contributed by atoms with E-state index in [2.05, 4.69) is 21.4 Å². The molecule has 0 bridgehead atoms. The Hall–Kier alpha value is -2.54. The van der Waals surface area contributed by atoms with E-state index in [-0.39, 0.29) is 12.5 Å². The lowest BCUT2D eigenvalue weighted by Crippen LogP contribution is -2.50. The highest BCUT2D eigenvalue weighted by atomic mass is 16.5. The van der Waals surface area contributed by atoms with E-state index in [1.165, 1.54) is 0 Å². The second-order valence-corrected chi connectivity index (χ2v) is 6.55. The molecule has 1 aromatic heterocycles. The van der Waals surface area contributed by atoms with E-state index in [1.54, 1.807) is 7.11 Å². The minimum atomic E-state index is 0.0171. The molecule has 0 unspecified atom stereocenters. The maximum Gasteiger partial charge on any atom is 0.260 e. The first-order valence-corrected chi connectivity index (χ1v) is 9.47. The zero-order valence-corrected chi connectivity index (χ0v) is 16.1. The first-order chi connectivity index (χ1) is 13.2. The third-order valence-corrected chi connectivity index (χ3v) is 4.92. The molecular weight excluding hydrogens is 344 g/mol. The molecule has 1 amide bonds. The predicted molar refractivity (Wildman–Crippen MR) is 103 cm³/mol. The molecule has 3 rings (SSSR count). The molecule has 27 heavy (non-hydrogen) atoms. The molecule has 0 spiro atoms. The Bertz CT molecular complexity index is 738. The van der Waals surface area contributed by atoms with Crippen LogP contribution in [0.4, 0.5) is 0 Å². The summed E-state index contributed by atoms with van der Waals surface area (Å²) in [7, 11) is 1.59. The van der Waals surface area contributed by atoms with E-state index >= 15 is 0 Å². The highest BCUT2D eigenvalue weighted by Crippen LogP contribution is 2.25. The molecule has 1 saturated heterocycles. The van der Waals surface area contributed by atoms with Crippen LogP contribution in [-0.2, 0) is 17.8 Å². The first kappa shape index (κ1) is 19.2. The maximum absolute atomic E-state index is 12.4. The number of para-hydroxylation sites is 2. The zero-order valence-electron chi connectivity index (χ0n) is 16.1. The molecule has 0 atom stereocenters. The Morgan fingerprint density at radius 2 is 1.85 bits per heavy atom. The number of piperazine rings is 1. The van der Waals surface area contributed by atoms with Gasteiger partial charge in [-0.05, 0) is 12.1 Å². The van der Waals surface area contributed by atoms with Crippen LogP contribution in [0.3, 0.4) is 0 Å². The number of methoxy groups -OCH3 is 1. The van der Waals surface area contributed by atoms with Gasteiger partial charge in [0.25, 0.3) is 5.91 Å². The summed E-state index contributed by atoms with van der Waals surface area (Å²) in [5, 5.41) is 0. The number of rotatable bonds is 8. The monoisotopic (exact) mass is 372 g/mol. The zero-order chi connectivity index (χ0) is 19.1. The SMILES string of the molecule is CCc1nccn1CCN1CCN(C(=O)COc2ccccc2OC)CC1. The van der Waals surface area contributed by atoms with Crippen molar-refractivity contribution in [1.82, 2.24) is 19.4 Å². The van der Waals surface area contributed by atoms with Gasteiger partial charge in [0.15, 0.2) is 18.1 Å². The highest BCUT2D eigenvalue weighted by Gasteiger charge is 2.21. The van der Waals surface area contributed by atoms with E-state index in [0.29, 0.717) is 11.5 Å². The van der Waals surface area contributed by atoms with Gasteiger partial charge in [0.1, 0.15) is 5.82 Å². The van der Waals surface area contributed by atoms with Crippen LogP contribution < -0.4 is 9.47 Å². The third-order valence-electron chi connectivity index (χ3n) is 4.92. The number of carbonyl (C=O) groups excluding carboxylic acids is 1. The molecule has 0 N–H and O–H groups in total. The fourth-order valence-corrected chi connectivity index (χ4v) is 3.30. The van der Waals surface area contributed by atoms with Gasteiger partial charge >= 0.3 is 0 Å². The molecule has 0 radical (unpaired) electrons. The van der Waals surface area contributed by atoms with Crippen molar-refractivity contribution in [2.45, 2.75) is 19.9 Å². The number of aryl methyl sites for hydroxylation is 1. The van der Waals surface area contributed by atoms with Gasteiger partial charge in [-0.25, -0.2) is 4.98 Å². The van der Waals surface area contributed by atoms with E-state index in [4.69, 9.17) is 9.47 Å². The summed E-state index contributed by atoms with van der Waals surface area (Å²) in [5.74, 6) is 2.38. The summed E-state index contributed by atoms with van der Waals surface area (Å²) in [6.07, 6.45) is 4.84. The minimum absolute atomic E-state index is 0.0171. The van der Waals surface area contributed by atoms with E-state index < -0.39 is 0 Å². The second kappa shape index (κ2) is 9.41. The molecule has 2 heterocycles. The lowest BCUT2D eigenvalue weighted by molar-refractivity contribution is -0.135. The summed E-state index contributed by atoms with van der Waals surface area (Å²) in [6.45, 7) is 7.31. The number of hydrogen-bond acceptors (Lipinski definition) is 5. The quantitative estimate of drug-likeness (QED) is 0.706. The van der Waals surface area contributed by atoms with Gasteiger partial charge in [-0.3, -0.25) is 9.69 Å². The molecule has 0 aliphatic carbocycles. The minimum Gasteiger partial charge on any atom is -0.493 e. The van der Waals surface area contributed by atoms with Gasteiger partial charge < -0.3 is 18.9 Å². The number of benzene rings is 1. The largest absolute Gasteiger partial charge is 0.493 e. The van der Waals surface area contributed by atoms with Crippen molar-refractivity contribution in [1.29, 1.82) is 0 Å². The summed E-state index contributed by atoms with van der Waals surface area (Å²) in [5.41, 5.74) is 0. The van der Waals surface area contributed by atoms with Crippen LogP contribution in [0, 0.1) is 0 Å². The number of ether oxygens (including phenoxy) is 2. The third kappa shape index (κ3) is 5.01. The normalized spacial score (nSPS) is 15.0. The lowest BCUT2D eigenvalue weighted by Gasteiger charge is -2.34. The molecule has 7 heteroatoms. The van der Waals surface area contributed by atoms with Crippen molar-refractivity contribution >= 4 is 5.91 Å². The lowest BCUT2D eigenvalue weighted by atomic mass is 10.3. The average Bonchev–Trinajstić information content (AvgIpc) is 3.18. The van der Waals surface area contributed by atoms with Gasteiger partial charge in [-0.1, -0.05) is 19.1 Å². The first-order valence-electron chi connectivity index (χ1n) is 9.47. The Kier molecular flexibility index (Phi) is 6.70. The van der Waals surface area contributed by atoms with Gasteiger partial charge in [0.2, 0.25) is 0 Å². The second-order valence-electron chi connectivity index (χ2n) is 6.55. The van der Waals surface area contributed by atoms with Crippen molar-refractivity contribution in [2.75, 3.05) is 46.4 Å². The topological polar surface area (TPSA) is 59.8 Å². The van der Waals surface area contributed by atoms with Crippen molar-refractivity contribution < 1.29 is 14.3 Å². The fourth-order valence-electron chi connectivity index (χ4n) is 3.30. The molecular formula is C20H28N4O3. The van der Waals surface area contributed by atoms with Crippen LogP contribution in [0.15, 0.2) is 36.7 Å². The fraction of sp³-hybridized carbons (Fsp3) is 0.500. The van der Waals surface area contributed by atoms with E-state index in [9.17, 15) is 4.79 Å². The van der Waals surface area contributed by atoms with Gasteiger partial charge in [-0.15, -0.1) is 0 Å². The standard InChI is InChI=1S/C20H28N4O3/c1-3-19-21-8-9-23(19)13-10-22-11-14-24(15-12-22)20(25)16-27-18-7-5-4-6-17(18)26-2/h4-9H,3,10-16H2,1-2H3.